The number of hydrogen-bond acceptors (Lipinski definition) is 5. The van der Waals surface area contributed by atoms with Gasteiger partial charge in [-0.25, -0.2) is 0 Å². The van der Waals surface area contributed by atoms with Gasteiger partial charge >= 0.3 is 0 Å². The molecule has 0 aromatic carbocycles. The van der Waals surface area contributed by atoms with Crippen LogP contribution in [0.2, 0.25) is 0 Å². The Kier molecular flexibility index (Phi) is 9.08. The van der Waals surface area contributed by atoms with Crippen molar-refractivity contribution < 1.29 is 4.52 Å². The summed E-state index contributed by atoms with van der Waals surface area (Å²) in [7, 11) is 4.06. The largest absolute Gasteiger partial charge is 0.357 e. The van der Waals surface area contributed by atoms with Gasteiger partial charge < -0.3 is 19.3 Å². The summed E-state index contributed by atoms with van der Waals surface area (Å²) in [6.07, 6.45) is 4.34. The van der Waals surface area contributed by atoms with Crippen LogP contribution in [0.4, 0.5) is 0 Å². The monoisotopic (exact) mass is 573 g/mol. The molecule has 0 radical (unpaired) electrons. The molecular formula is C19H25BrIN7O. The summed E-state index contributed by atoms with van der Waals surface area (Å²) < 4.78 is 8.46. The molecule has 8 nitrogen and oxygen atoms in total. The van der Waals surface area contributed by atoms with E-state index in [0.29, 0.717) is 30.4 Å². The van der Waals surface area contributed by atoms with Crippen LogP contribution in [0.5, 0.6) is 0 Å². The minimum atomic E-state index is 0. The second kappa shape index (κ2) is 11.3. The Bertz CT molecular complexity index is 926. The summed E-state index contributed by atoms with van der Waals surface area (Å²) in [5, 5.41) is 7.35. The number of aryl methyl sites for hydroxylation is 1. The molecule has 0 amide bonds. The minimum absolute atomic E-state index is 0. The fourth-order valence-corrected chi connectivity index (χ4v) is 3.29. The molecule has 3 aromatic heterocycles. The van der Waals surface area contributed by atoms with Gasteiger partial charge in [0, 0.05) is 56.2 Å². The molecule has 0 aliphatic heterocycles. The Morgan fingerprint density at radius 2 is 2.21 bits per heavy atom. The Morgan fingerprint density at radius 3 is 2.86 bits per heavy atom. The highest BCUT2D eigenvalue weighted by Crippen LogP contribution is 2.15. The maximum absolute atomic E-state index is 5.29. The molecule has 29 heavy (non-hydrogen) atoms. The minimum Gasteiger partial charge on any atom is -0.357 e. The predicted octanol–water partition coefficient (Wildman–Crippen LogP) is 3.49. The van der Waals surface area contributed by atoms with Gasteiger partial charge in [0.1, 0.15) is 5.69 Å². The van der Waals surface area contributed by atoms with Gasteiger partial charge in [-0.3, -0.25) is 9.98 Å². The van der Waals surface area contributed by atoms with Crippen molar-refractivity contribution in [2.45, 2.75) is 19.9 Å². The normalized spacial score (nSPS) is 11.2. The van der Waals surface area contributed by atoms with Crippen molar-refractivity contribution in [1.82, 2.24) is 29.9 Å². The molecule has 0 saturated heterocycles. The second-order valence-corrected chi connectivity index (χ2v) is 7.25. The van der Waals surface area contributed by atoms with Crippen molar-refractivity contribution in [3.8, 4) is 11.6 Å². The average Bonchev–Trinajstić information content (AvgIpc) is 3.28. The first-order chi connectivity index (χ1) is 13.6. The van der Waals surface area contributed by atoms with Crippen molar-refractivity contribution in [2.24, 2.45) is 12.0 Å². The number of hydrogen-bond donors (Lipinski definition) is 1. The summed E-state index contributed by atoms with van der Waals surface area (Å²) in [5.74, 6) is 1.89. The van der Waals surface area contributed by atoms with Crippen LogP contribution in [0.1, 0.15) is 18.4 Å². The van der Waals surface area contributed by atoms with Gasteiger partial charge in [-0.05, 0) is 41.1 Å². The van der Waals surface area contributed by atoms with Gasteiger partial charge in [0.25, 0.3) is 5.89 Å². The molecular weight excluding hydrogens is 549 g/mol. The van der Waals surface area contributed by atoms with Gasteiger partial charge in [-0.1, -0.05) is 11.2 Å². The zero-order valence-electron chi connectivity index (χ0n) is 16.7. The highest BCUT2D eigenvalue weighted by Gasteiger charge is 2.11. The average molecular weight is 574 g/mol. The summed E-state index contributed by atoms with van der Waals surface area (Å²) in [6, 6.07) is 7.69. The molecule has 3 rings (SSSR count). The topological polar surface area (TPSA) is 84.4 Å². The SMILES string of the molecule is CCNC(=NCCc1noc(-c2ccccn2)n1)N(C)Cc1cc(Br)cn1C.I. The molecule has 0 aliphatic rings. The van der Waals surface area contributed by atoms with E-state index in [2.05, 4.69) is 58.8 Å². The maximum Gasteiger partial charge on any atom is 0.276 e. The molecule has 0 aliphatic carbocycles. The van der Waals surface area contributed by atoms with E-state index in [9.17, 15) is 0 Å². The molecule has 10 heteroatoms. The summed E-state index contributed by atoms with van der Waals surface area (Å²) >= 11 is 3.51. The third-order valence-electron chi connectivity index (χ3n) is 4.12. The van der Waals surface area contributed by atoms with Crippen LogP contribution in [0.3, 0.4) is 0 Å². The van der Waals surface area contributed by atoms with Gasteiger partial charge in [0.05, 0.1) is 6.54 Å². The van der Waals surface area contributed by atoms with E-state index in [0.717, 1.165) is 23.5 Å². The summed E-state index contributed by atoms with van der Waals surface area (Å²) in [6.45, 7) is 4.16. The number of pyridine rings is 1. The van der Waals surface area contributed by atoms with E-state index < -0.39 is 0 Å². The van der Waals surface area contributed by atoms with Crippen molar-refractivity contribution in [3.63, 3.8) is 0 Å². The third kappa shape index (κ3) is 6.53. The quantitative estimate of drug-likeness (QED) is 0.265. The van der Waals surface area contributed by atoms with Crippen molar-refractivity contribution in [3.05, 3.63) is 52.7 Å². The smallest absolute Gasteiger partial charge is 0.276 e. The first kappa shape index (κ1) is 23.3. The van der Waals surface area contributed by atoms with Crippen LogP contribution in [-0.2, 0) is 20.0 Å². The van der Waals surface area contributed by atoms with Crippen LogP contribution in [0, 0.1) is 0 Å². The molecule has 0 atom stereocenters. The number of nitrogens with zero attached hydrogens (tertiary/aromatic N) is 6. The lowest BCUT2D eigenvalue weighted by Gasteiger charge is -2.22. The zero-order chi connectivity index (χ0) is 19.9. The molecule has 156 valence electrons. The molecule has 0 unspecified atom stereocenters. The molecule has 0 bridgehead atoms. The number of guanidine groups is 1. The van der Waals surface area contributed by atoms with Crippen molar-refractivity contribution in [1.29, 1.82) is 0 Å². The van der Waals surface area contributed by atoms with E-state index in [1.165, 1.54) is 5.69 Å². The highest BCUT2D eigenvalue weighted by molar-refractivity contribution is 14.0. The molecule has 0 spiro atoms. The van der Waals surface area contributed by atoms with Crippen LogP contribution in [-0.4, -0.2) is 50.7 Å². The van der Waals surface area contributed by atoms with Crippen LogP contribution in [0.15, 0.2) is 50.6 Å². The molecule has 3 heterocycles. The van der Waals surface area contributed by atoms with Crippen LogP contribution < -0.4 is 5.32 Å². The maximum atomic E-state index is 5.29. The lowest BCUT2D eigenvalue weighted by molar-refractivity contribution is 0.421. The number of nitrogens with one attached hydrogen (secondary N) is 1. The molecule has 0 saturated carbocycles. The number of halogens is 2. The first-order valence-electron chi connectivity index (χ1n) is 9.11. The highest BCUT2D eigenvalue weighted by atomic mass is 127. The van der Waals surface area contributed by atoms with E-state index in [-0.39, 0.29) is 24.0 Å². The van der Waals surface area contributed by atoms with E-state index in [1.807, 2.05) is 38.5 Å². The van der Waals surface area contributed by atoms with Crippen LogP contribution in [0.25, 0.3) is 11.6 Å². The lowest BCUT2D eigenvalue weighted by Crippen LogP contribution is -2.39. The standard InChI is InChI=1S/C19H24BrN7O.HI/c1-4-21-19(27(3)13-15-11-14(20)12-26(15)2)23-10-8-17-24-18(28-25-17)16-7-5-6-9-22-16;/h5-7,9,11-12H,4,8,10,13H2,1-3H3,(H,21,23);1H. The number of aliphatic imine (C=N–C) groups is 1. The Morgan fingerprint density at radius 1 is 1.38 bits per heavy atom. The molecule has 3 aromatic rings. The van der Waals surface area contributed by atoms with Gasteiger partial charge in [0.2, 0.25) is 0 Å². The third-order valence-corrected chi connectivity index (χ3v) is 4.55. The zero-order valence-corrected chi connectivity index (χ0v) is 20.6. The lowest BCUT2D eigenvalue weighted by atomic mass is 10.3. The van der Waals surface area contributed by atoms with Crippen molar-refractivity contribution in [2.75, 3.05) is 20.1 Å². The Hall–Kier alpha value is -1.95. The van der Waals surface area contributed by atoms with E-state index in [1.54, 1.807) is 6.20 Å². The Balaban J connectivity index is 0.00000300. The molecule has 1 N–H and O–H groups in total. The first-order valence-corrected chi connectivity index (χ1v) is 9.90. The van der Waals surface area contributed by atoms with E-state index >= 15 is 0 Å². The van der Waals surface area contributed by atoms with Gasteiger partial charge in [-0.15, -0.1) is 24.0 Å². The Labute approximate surface area is 196 Å². The van der Waals surface area contributed by atoms with Gasteiger partial charge in [-0.2, -0.15) is 4.98 Å². The second-order valence-electron chi connectivity index (χ2n) is 6.33. The van der Waals surface area contributed by atoms with Crippen molar-refractivity contribution >= 4 is 45.9 Å². The fraction of sp³-hybridized carbons (Fsp3) is 0.368. The molecule has 0 fully saturated rings. The summed E-state index contributed by atoms with van der Waals surface area (Å²) in [4.78, 5) is 15.4. The number of rotatable bonds is 7. The fourth-order valence-electron chi connectivity index (χ4n) is 2.72. The predicted molar refractivity (Wildman–Crippen MR) is 127 cm³/mol. The van der Waals surface area contributed by atoms with E-state index in [4.69, 9.17) is 9.52 Å². The van der Waals surface area contributed by atoms with Gasteiger partial charge in [0.15, 0.2) is 11.8 Å². The van der Waals surface area contributed by atoms with Crippen LogP contribution >= 0.6 is 39.9 Å². The number of aromatic nitrogens is 4. The summed E-state index contributed by atoms with van der Waals surface area (Å²) in [5.41, 5.74) is 1.87.